The lowest BCUT2D eigenvalue weighted by molar-refractivity contribution is 0.660. The van der Waals surface area contributed by atoms with E-state index in [1.54, 1.807) is 0 Å². The molecule has 0 saturated heterocycles. The summed E-state index contributed by atoms with van der Waals surface area (Å²) in [6, 6.07) is 59.2. The molecule has 2 aliphatic carbocycles. The van der Waals surface area contributed by atoms with Gasteiger partial charge in [0.1, 0.15) is 0 Å². The second kappa shape index (κ2) is 13.1. The van der Waals surface area contributed by atoms with E-state index in [1.807, 2.05) is 0 Å². The number of benzene rings is 8. The van der Waals surface area contributed by atoms with Gasteiger partial charge in [0, 0.05) is 45.0 Å². The fourth-order valence-corrected chi connectivity index (χ4v) is 10.3. The molecule has 2 nitrogen and oxygen atoms in total. The van der Waals surface area contributed by atoms with Gasteiger partial charge in [0.2, 0.25) is 0 Å². The van der Waals surface area contributed by atoms with Crippen LogP contribution in [0.5, 0.6) is 0 Å². The Balaban J connectivity index is 1.12. The van der Waals surface area contributed by atoms with Crippen LogP contribution in [0.1, 0.15) is 72.2 Å². The van der Waals surface area contributed by atoms with Crippen LogP contribution in [0.2, 0.25) is 0 Å². The average molecular weight is 751 g/mol. The van der Waals surface area contributed by atoms with E-state index in [1.165, 1.54) is 100 Å². The van der Waals surface area contributed by atoms with Crippen molar-refractivity contribution in [3.05, 3.63) is 202 Å². The molecule has 284 valence electrons. The summed E-state index contributed by atoms with van der Waals surface area (Å²) in [5.41, 5.74) is 22.7. The van der Waals surface area contributed by atoms with Crippen LogP contribution in [0, 0.1) is 27.7 Å². The summed E-state index contributed by atoms with van der Waals surface area (Å²) < 4.78 is 0. The molecule has 0 spiro atoms. The van der Waals surface area contributed by atoms with E-state index in [9.17, 15) is 0 Å². The fourth-order valence-electron chi connectivity index (χ4n) is 10.3. The molecule has 8 aromatic carbocycles. The first kappa shape index (κ1) is 36.0. The molecule has 2 heteroatoms. The molecule has 10 rings (SSSR count). The van der Waals surface area contributed by atoms with E-state index in [0.717, 1.165) is 11.4 Å². The van der Waals surface area contributed by atoms with Crippen molar-refractivity contribution in [2.24, 2.45) is 0 Å². The largest absolute Gasteiger partial charge is 0.310 e. The normalized spacial score (nSPS) is 14.1. The lowest BCUT2D eigenvalue weighted by Gasteiger charge is -2.29. The highest BCUT2D eigenvalue weighted by Gasteiger charge is 2.40. The van der Waals surface area contributed by atoms with E-state index in [2.05, 4.69) is 223 Å². The van der Waals surface area contributed by atoms with E-state index < -0.39 is 0 Å². The predicted octanol–water partition coefficient (Wildman–Crippen LogP) is 15.6. The lowest BCUT2D eigenvalue weighted by Crippen LogP contribution is -2.17. The van der Waals surface area contributed by atoms with Crippen molar-refractivity contribution in [2.45, 2.75) is 66.2 Å². The molecule has 0 N–H and O–H groups in total. The maximum absolute atomic E-state index is 2.45. The van der Waals surface area contributed by atoms with Gasteiger partial charge in [-0.15, -0.1) is 0 Å². The summed E-state index contributed by atoms with van der Waals surface area (Å²) in [5, 5.41) is 2.66. The van der Waals surface area contributed by atoms with E-state index in [4.69, 9.17) is 0 Å². The number of anilines is 6. The highest BCUT2D eigenvalue weighted by Crippen LogP contribution is 2.57. The third kappa shape index (κ3) is 5.46. The van der Waals surface area contributed by atoms with Gasteiger partial charge in [0.05, 0.1) is 0 Å². The van der Waals surface area contributed by atoms with Crippen molar-refractivity contribution in [2.75, 3.05) is 9.80 Å². The van der Waals surface area contributed by atoms with Crippen molar-refractivity contribution >= 4 is 44.9 Å². The first-order valence-corrected chi connectivity index (χ1v) is 20.7. The Kier molecular flexibility index (Phi) is 8.12. The molecule has 8 aromatic rings. The van der Waals surface area contributed by atoms with Crippen molar-refractivity contribution in [1.29, 1.82) is 0 Å². The topological polar surface area (TPSA) is 6.48 Å². The zero-order chi connectivity index (χ0) is 40.1. The Hall–Kier alpha value is -6.38. The quantitative estimate of drug-likeness (QED) is 0.167. The monoisotopic (exact) mass is 750 g/mol. The molecular weight excluding hydrogens is 701 g/mol. The van der Waals surface area contributed by atoms with Crippen LogP contribution < -0.4 is 9.80 Å². The minimum atomic E-state index is -0.167. The Labute approximate surface area is 344 Å². The number of aryl methyl sites for hydroxylation is 4. The van der Waals surface area contributed by atoms with Crippen LogP contribution >= 0.6 is 0 Å². The predicted molar refractivity (Wildman–Crippen MR) is 247 cm³/mol. The molecular formula is C56H50N2. The summed E-state index contributed by atoms with van der Waals surface area (Å²) in [5.74, 6) is 0. The van der Waals surface area contributed by atoms with Crippen molar-refractivity contribution in [3.63, 3.8) is 0 Å². The molecule has 2 aliphatic rings. The number of nitrogens with zero attached hydrogens (tertiary/aromatic N) is 2. The van der Waals surface area contributed by atoms with Crippen LogP contribution in [0.3, 0.4) is 0 Å². The minimum Gasteiger partial charge on any atom is -0.310 e. The lowest BCUT2D eigenvalue weighted by atomic mass is 9.80. The summed E-state index contributed by atoms with van der Waals surface area (Å²) in [6.45, 7) is 18.4. The Morgan fingerprint density at radius 2 is 0.828 bits per heavy atom. The molecule has 0 amide bonds. The van der Waals surface area contributed by atoms with Crippen molar-refractivity contribution in [1.82, 2.24) is 0 Å². The van der Waals surface area contributed by atoms with Crippen LogP contribution in [0.25, 0.3) is 33.0 Å². The third-order valence-electron chi connectivity index (χ3n) is 13.0. The molecule has 0 aliphatic heterocycles. The first-order chi connectivity index (χ1) is 27.9. The molecule has 0 radical (unpaired) electrons. The van der Waals surface area contributed by atoms with Gasteiger partial charge in [0.15, 0.2) is 0 Å². The second-order valence-electron chi connectivity index (χ2n) is 17.8. The fraction of sp³-hybridized carbons (Fsp3) is 0.179. The maximum Gasteiger partial charge on any atom is 0.0490 e. The number of hydrogen-bond acceptors (Lipinski definition) is 2. The number of fused-ring (bicyclic) bond motifs is 9. The Morgan fingerprint density at radius 1 is 0.345 bits per heavy atom. The van der Waals surface area contributed by atoms with Crippen molar-refractivity contribution < 1.29 is 0 Å². The molecule has 58 heavy (non-hydrogen) atoms. The SMILES string of the molecule is Cc1cc(C)cc(N(c2ccccc2)c2ccc3c(c2)C(C)(C)c2ccc4c5c(ccc4c2-3)C(C)(C)c2cc(N(c3ccccc3)c3ccc(C)cc3C)ccc2-5)c1. The zero-order valence-electron chi connectivity index (χ0n) is 34.9. The van der Waals surface area contributed by atoms with Gasteiger partial charge in [-0.25, -0.2) is 0 Å². The van der Waals surface area contributed by atoms with Gasteiger partial charge in [-0.05, 0) is 166 Å². The minimum absolute atomic E-state index is 0.167. The summed E-state index contributed by atoms with van der Waals surface area (Å²) in [7, 11) is 0. The van der Waals surface area contributed by atoms with Crippen LogP contribution in [-0.2, 0) is 10.8 Å². The molecule has 0 atom stereocenters. The molecule has 0 bridgehead atoms. The van der Waals surface area contributed by atoms with E-state index in [-0.39, 0.29) is 10.8 Å². The average Bonchev–Trinajstić information content (AvgIpc) is 3.58. The molecule has 0 heterocycles. The second-order valence-corrected chi connectivity index (χ2v) is 17.8. The summed E-state index contributed by atoms with van der Waals surface area (Å²) in [6.07, 6.45) is 0. The third-order valence-corrected chi connectivity index (χ3v) is 13.0. The summed E-state index contributed by atoms with van der Waals surface area (Å²) >= 11 is 0. The van der Waals surface area contributed by atoms with Crippen LogP contribution in [0.4, 0.5) is 34.1 Å². The summed E-state index contributed by atoms with van der Waals surface area (Å²) in [4.78, 5) is 4.84. The van der Waals surface area contributed by atoms with Crippen molar-refractivity contribution in [3.8, 4) is 22.3 Å². The Morgan fingerprint density at radius 3 is 1.33 bits per heavy atom. The van der Waals surface area contributed by atoms with E-state index in [0.29, 0.717) is 0 Å². The number of rotatable bonds is 6. The maximum atomic E-state index is 2.45. The smallest absolute Gasteiger partial charge is 0.0490 e. The van der Waals surface area contributed by atoms with Gasteiger partial charge in [-0.2, -0.15) is 0 Å². The molecule has 0 saturated carbocycles. The molecule has 0 unspecified atom stereocenters. The molecule has 0 fully saturated rings. The van der Waals surface area contributed by atoms with Crippen LogP contribution in [0.15, 0.2) is 158 Å². The highest BCUT2D eigenvalue weighted by atomic mass is 15.1. The van der Waals surface area contributed by atoms with Gasteiger partial charge in [-0.1, -0.05) is 124 Å². The van der Waals surface area contributed by atoms with E-state index >= 15 is 0 Å². The van der Waals surface area contributed by atoms with Gasteiger partial charge < -0.3 is 9.80 Å². The van der Waals surface area contributed by atoms with Crippen LogP contribution in [-0.4, -0.2) is 0 Å². The van der Waals surface area contributed by atoms with Gasteiger partial charge in [0.25, 0.3) is 0 Å². The number of hydrogen-bond donors (Lipinski definition) is 0. The molecule has 0 aromatic heterocycles. The first-order valence-electron chi connectivity index (χ1n) is 20.7. The van der Waals surface area contributed by atoms with Gasteiger partial charge >= 0.3 is 0 Å². The Bertz CT molecular complexity index is 2910. The highest BCUT2D eigenvalue weighted by molar-refractivity contribution is 6.11. The zero-order valence-corrected chi connectivity index (χ0v) is 34.9. The standard InChI is InChI=1S/C56H50N2/c1-35-19-28-52(38(4)30-35)58(40-17-13-10-14-18-40)42-21-23-47-51(34-42)56(7,8)49-27-25-44-45(54(47)49)24-26-48-53(44)46-22-20-41(33-50(46)55(48,5)6)57(39-15-11-9-12-16-39)43-31-36(2)29-37(3)32-43/h9-34H,1-8H3. The number of para-hydroxylation sites is 2. The van der Waals surface area contributed by atoms with Gasteiger partial charge in [-0.3, -0.25) is 0 Å².